The maximum absolute atomic E-state index is 12.6. The number of carboxylic acid groups (broad SMARTS) is 1. The molecule has 0 amide bonds. The van der Waals surface area contributed by atoms with Gasteiger partial charge >= 0.3 is 5.97 Å². The van der Waals surface area contributed by atoms with Gasteiger partial charge in [0.1, 0.15) is 5.75 Å². The molecule has 0 bridgehead atoms. The highest BCUT2D eigenvalue weighted by Gasteiger charge is 2.36. The highest BCUT2D eigenvalue weighted by molar-refractivity contribution is 6.00. The Hall–Kier alpha value is -1.84. The van der Waals surface area contributed by atoms with E-state index in [9.17, 15) is 19.8 Å². The van der Waals surface area contributed by atoms with Crippen LogP contribution in [0.1, 0.15) is 47.2 Å². The summed E-state index contributed by atoms with van der Waals surface area (Å²) in [5, 5.41) is 19.0. The molecule has 0 heterocycles. The Labute approximate surface area is 118 Å². The van der Waals surface area contributed by atoms with Crippen LogP contribution in [0.4, 0.5) is 0 Å². The molecule has 0 spiro atoms. The topological polar surface area (TPSA) is 74.6 Å². The molecule has 0 aromatic heterocycles. The van der Waals surface area contributed by atoms with Gasteiger partial charge < -0.3 is 10.2 Å². The number of rotatable bonds is 3. The van der Waals surface area contributed by atoms with Crippen LogP contribution in [0, 0.1) is 25.7 Å². The van der Waals surface area contributed by atoms with E-state index in [-0.39, 0.29) is 11.5 Å². The normalized spacial score (nSPS) is 22.5. The van der Waals surface area contributed by atoms with Crippen LogP contribution in [0.15, 0.2) is 12.1 Å². The van der Waals surface area contributed by atoms with E-state index in [2.05, 4.69) is 0 Å². The first-order valence-corrected chi connectivity index (χ1v) is 6.99. The molecule has 2 rings (SSSR count). The number of benzene rings is 1. The Kier molecular flexibility index (Phi) is 4.12. The van der Waals surface area contributed by atoms with Gasteiger partial charge in [-0.3, -0.25) is 9.59 Å². The zero-order chi connectivity index (χ0) is 14.9. The molecule has 1 fully saturated rings. The van der Waals surface area contributed by atoms with Crippen LogP contribution in [0.5, 0.6) is 5.75 Å². The minimum atomic E-state index is -0.879. The smallest absolute Gasteiger partial charge is 0.307 e. The number of phenolic OH excluding ortho intramolecular Hbond substituents is 1. The molecule has 4 heteroatoms. The summed E-state index contributed by atoms with van der Waals surface area (Å²) in [6.07, 6.45) is 2.97. The average Bonchev–Trinajstić information content (AvgIpc) is 2.43. The van der Waals surface area contributed by atoms with Gasteiger partial charge in [-0.2, -0.15) is 0 Å². The SMILES string of the molecule is Cc1cc(C(=O)C2CCCCC2C(=O)O)cc(C)c1O. The first-order valence-electron chi connectivity index (χ1n) is 6.99. The third-order valence-corrected chi connectivity index (χ3v) is 4.20. The molecule has 1 aromatic carbocycles. The number of aliphatic carboxylic acids is 1. The van der Waals surface area contributed by atoms with Crippen LogP contribution < -0.4 is 0 Å². The quantitative estimate of drug-likeness (QED) is 0.832. The lowest BCUT2D eigenvalue weighted by Crippen LogP contribution is -2.32. The summed E-state index contributed by atoms with van der Waals surface area (Å²) >= 11 is 0. The molecule has 1 aliphatic rings. The van der Waals surface area contributed by atoms with Crippen molar-refractivity contribution in [2.75, 3.05) is 0 Å². The Balaban J connectivity index is 2.32. The summed E-state index contributed by atoms with van der Waals surface area (Å²) in [5.74, 6) is -1.81. The van der Waals surface area contributed by atoms with E-state index in [4.69, 9.17) is 0 Å². The second-order valence-electron chi connectivity index (χ2n) is 5.66. The van der Waals surface area contributed by atoms with Gasteiger partial charge in [0.15, 0.2) is 5.78 Å². The van der Waals surface area contributed by atoms with Crippen LogP contribution >= 0.6 is 0 Å². The standard InChI is InChI=1S/C16H20O4/c1-9-7-11(8-10(2)14(9)17)15(18)12-5-3-4-6-13(12)16(19)20/h7-8,12-13,17H,3-6H2,1-2H3,(H,19,20). The Morgan fingerprint density at radius 2 is 1.55 bits per heavy atom. The second-order valence-corrected chi connectivity index (χ2v) is 5.66. The van der Waals surface area contributed by atoms with Gasteiger partial charge in [0.25, 0.3) is 0 Å². The van der Waals surface area contributed by atoms with Crippen molar-refractivity contribution in [1.29, 1.82) is 0 Å². The van der Waals surface area contributed by atoms with Crippen LogP contribution in [-0.2, 0) is 4.79 Å². The van der Waals surface area contributed by atoms with Crippen molar-refractivity contribution >= 4 is 11.8 Å². The number of carboxylic acids is 1. The Morgan fingerprint density at radius 3 is 2.05 bits per heavy atom. The molecule has 2 unspecified atom stereocenters. The third kappa shape index (κ3) is 2.69. The lowest BCUT2D eigenvalue weighted by atomic mass is 9.75. The molecule has 108 valence electrons. The van der Waals surface area contributed by atoms with Gasteiger partial charge in [-0.15, -0.1) is 0 Å². The van der Waals surface area contributed by atoms with Crippen molar-refractivity contribution in [2.24, 2.45) is 11.8 Å². The van der Waals surface area contributed by atoms with E-state index in [0.717, 1.165) is 12.8 Å². The van der Waals surface area contributed by atoms with Crippen molar-refractivity contribution in [3.63, 3.8) is 0 Å². The number of phenols is 1. The molecule has 1 aliphatic carbocycles. The molecule has 1 aromatic rings. The Morgan fingerprint density at radius 1 is 1.05 bits per heavy atom. The van der Waals surface area contributed by atoms with E-state index in [1.807, 2.05) is 0 Å². The Bertz CT molecular complexity index is 524. The largest absolute Gasteiger partial charge is 0.507 e. The fourth-order valence-corrected chi connectivity index (χ4v) is 3.05. The summed E-state index contributed by atoms with van der Waals surface area (Å²) in [4.78, 5) is 23.9. The van der Waals surface area contributed by atoms with Crippen LogP contribution in [0.2, 0.25) is 0 Å². The summed E-state index contributed by atoms with van der Waals surface area (Å²) in [7, 11) is 0. The van der Waals surface area contributed by atoms with Crippen molar-refractivity contribution < 1.29 is 19.8 Å². The zero-order valence-electron chi connectivity index (χ0n) is 11.8. The summed E-state index contributed by atoms with van der Waals surface area (Å²) in [6.45, 7) is 3.49. The minimum absolute atomic E-state index is 0.108. The lowest BCUT2D eigenvalue weighted by molar-refractivity contribution is -0.144. The van der Waals surface area contributed by atoms with Crippen LogP contribution in [-0.4, -0.2) is 22.0 Å². The number of aromatic hydroxyl groups is 1. The molecular weight excluding hydrogens is 256 g/mol. The third-order valence-electron chi connectivity index (χ3n) is 4.20. The number of carbonyl (C=O) groups is 2. The van der Waals surface area contributed by atoms with Crippen LogP contribution in [0.3, 0.4) is 0 Å². The average molecular weight is 276 g/mol. The van der Waals surface area contributed by atoms with E-state index < -0.39 is 17.8 Å². The molecule has 0 saturated heterocycles. The number of ketones is 1. The molecular formula is C16H20O4. The first-order chi connectivity index (χ1) is 9.41. The maximum Gasteiger partial charge on any atom is 0.307 e. The van der Waals surface area contributed by atoms with E-state index in [0.29, 0.717) is 29.5 Å². The van der Waals surface area contributed by atoms with E-state index >= 15 is 0 Å². The number of Topliss-reactive ketones (excluding diaryl/α,β-unsaturated/α-hetero) is 1. The predicted molar refractivity (Wildman–Crippen MR) is 75.0 cm³/mol. The predicted octanol–water partition coefficient (Wildman–Crippen LogP) is 3.08. The van der Waals surface area contributed by atoms with E-state index in [1.54, 1.807) is 26.0 Å². The maximum atomic E-state index is 12.6. The zero-order valence-corrected chi connectivity index (χ0v) is 11.8. The van der Waals surface area contributed by atoms with Gasteiger partial charge in [-0.05, 0) is 49.9 Å². The van der Waals surface area contributed by atoms with Gasteiger partial charge in [0.2, 0.25) is 0 Å². The van der Waals surface area contributed by atoms with E-state index in [1.165, 1.54) is 0 Å². The number of aryl methyl sites for hydroxylation is 2. The van der Waals surface area contributed by atoms with Gasteiger partial charge in [0.05, 0.1) is 5.92 Å². The van der Waals surface area contributed by atoms with Crippen molar-refractivity contribution in [3.8, 4) is 5.75 Å². The van der Waals surface area contributed by atoms with Gasteiger partial charge in [0, 0.05) is 11.5 Å². The molecule has 2 N–H and O–H groups in total. The van der Waals surface area contributed by atoms with Crippen molar-refractivity contribution in [2.45, 2.75) is 39.5 Å². The molecule has 4 nitrogen and oxygen atoms in total. The highest BCUT2D eigenvalue weighted by Crippen LogP contribution is 2.34. The van der Waals surface area contributed by atoms with Crippen molar-refractivity contribution in [3.05, 3.63) is 28.8 Å². The number of carbonyl (C=O) groups excluding carboxylic acids is 1. The number of hydrogen-bond acceptors (Lipinski definition) is 3. The van der Waals surface area contributed by atoms with Crippen molar-refractivity contribution in [1.82, 2.24) is 0 Å². The van der Waals surface area contributed by atoms with Gasteiger partial charge in [-0.1, -0.05) is 12.8 Å². The lowest BCUT2D eigenvalue weighted by Gasteiger charge is -2.27. The minimum Gasteiger partial charge on any atom is -0.507 e. The molecule has 0 aliphatic heterocycles. The molecule has 2 atom stereocenters. The summed E-state index contributed by atoms with van der Waals surface area (Å²) < 4.78 is 0. The fraction of sp³-hybridized carbons (Fsp3) is 0.500. The van der Waals surface area contributed by atoms with Crippen LogP contribution in [0.25, 0.3) is 0 Å². The molecule has 0 radical (unpaired) electrons. The fourth-order valence-electron chi connectivity index (χ4n) is 3.05. The first kappa shape index (κ1) is 14.6. The van der Waals surface area contributed by atoms with Gasteiger partial charge in [-0.25, -0.2) is 0 Å². The molecule has 20 heavy (non-hydrogen) atoms. The molecule has 1 saturated carbocycles. The summed E-state index contributed by atoms with van der Waals surface area (Å²) in [6, 6.07) is 3.30. The monoisotopic (exact) mass is 276 g/mol. The summed E-state index contributed by atoms with van der Waals surface area (Å²) in [5.41, 5.74) is 1.81. The number of hydrogen-bond donors (Lipinski definition) is 2. The highest BCUT2D eigenvalue weighted by atomic mass is 16.4. The second kappa shape index (κ2) is 5.65.